The number of hydrogen-bond acceptors (Lipinski definition) is 5. The molecule has 2 heterocycles. The summed E-state index contributed by atoms with van der Waals surface area (Å²) in [6, 6.07) is 7.85. The molecule has 0 saturated heterocycles. The van der Waals surface area contributed by atoms with Crippen LogP contribution in [0.3, 0.4) is 0 Å². The first-order valence-corrected chi connectivity index (χ1v) is 9.31. The van der Waals surface area contributed by atoms with Crippen LogP contribution in [0, 0.1) is 0 Å². The van der Waals surface area contributed by atoms with Crippen molar-refractivity contribution in [1.29, 1.82) is 0 Å². The van der Waals surface area contributed by atoms with Gasteiger partial charge in [-0.2, -0.15) is 0 Å². The number of fused-ring (bicyclic) bond motifs is 2. The predicted molar refractivity (Wildman–Crippen MR) is 102 cm³/mol. The zero-order chi connectivity index (χ0) is 18.1. The Morgan fingerprint density at radius 1 is 1.27 bits per heavy atom. The number of anilines is 1. The van der Waals surface area contributed by atoms with Gasteiger partial charge in [0.15, 0.2) is 0 Å². The predicted octanol–water partition coefficient (Wildman–Crippen LogP) is 2.54. The van der Waals surface area contributed by atoms with Gasteiger partial charge in [-0.05, 0) is 38.6 Å². The van der Waals surface area contributed by atoms with Crippen molar-refractivity contribution < 1.29 is 4.74 Å². The third kappa shape index (κ3) is 3.09. The molecule has 6 heteroatoms. The van der Waals surface area contributed by atoms with Crippen LogP contribution in [0.2, 0.25) is 0 Å². The van der Waals surface area contributed by atoms with Gasteiger partial charge >= 0.3 is 0 Å². The highest BCUT2D eigenvalue weighted by Gasteiger charge is 2.35. The van der Waals surface area contributed by atoms with Crippen LogP contribution in [0.5, 0.6) is 5.75 Å². The summed E-state index contributed by atoms with van der Waals surface area (Å²) < 4.78 is 5.87. The molecule has 1 aliphatic carbocycles. The molecule has 0 unspecified atom stereocenters. The number of nitrogens with zero attached hydrogens (tertiary/aromatic N) is 2. The highest BCUT2D eigenvalue weighted by atomic mass is 16.5. The maximum absolute atomic E-state index is 12.7. The molecule has 138 valence electrons. The number of aromatic amines is 1. The Bertz CT molecular complexity index is 853. The molecule has 0 spiro atoms. The van der Waals surface area contributed by atoms with Crippen molar-refractivity contribution in [3.8, 4) is 5.75 Å². The maximum atomic E-state index is 12.7. The average molecular weight is 354 g/mol. The summed E-state index contributed by atoms with van der Waals surface area (Å²) in [4.78, 5) is 22.5. The van der Waals surface area contributed by atoms with Crippen LogP contribution >= 0.6 is 0 Å². The van der Waals surface area contributed by atoms with Crippen LogP contribution < -0.4 is 15.6 Å². The van der Waals surface area contributed by atoms with Crippen molar-refractivity contribution in [2.75, 3.05) is 26.0 Å². The van der Waals surface area contributed by atoms with E-state index in [2.05, 4.69) is 34.3 Å². The lowest BCUT2D eigenvalue weighted by Crippen LogP contribution is -2.47. The van der Waals surface area contributed by atoms with Gasteiger partial charge < -0.3 is 15.0 Å². The molecule has 1 aliphatic heterocycles. The molecule has 1 aromatic carbocycles. The van der Waals surface area contributed by atoms with E-state index in [-0.39, 0.29) is 11.1 Å². The largest absolute Gasteiger partial charge is 0.487 e. The minimum Gasteiger partial charge on any atom is -0.487 e. The van der Waals surface area contributed by atoms with Crippen molar-refractivity contribution in [3.63, 3.8) is 0 Å². The summed E-state index contributed by atoms with van der Waals surface area (Å²) in [6.07, 6.45) is 5.39. The van der Waals surface area contributed by atoms with Gasteiger partial charge in [0.2, 0.25) is 5.95 Å². The van der Waals surface area contributed by atoms with Crippen molar-refractivity contribution in [1.82, 2.24) is 14.9 Å². The molecular formula is C20H26N4O2. The minimum atomic E-state index is -0.0804. The summed E-state index contributed by atoms with van der Waals surface area (Å²) in [7, 11) is 4.26. The monoisotopic (exact) mass is 354 g/mol. The number of aromatic nitrogens is 2. The quantitative estimate of drug-likeness (QED) is 0.883. The van der Waals surface area contributed by atoms with Crippen LogP contribution in [0.15, 0.2) is 29.1 Å². The molecule has 0 amide bonds. The Labute approximate surface area is 153 Å². The average Bonchev–Trinajstić information content (AvgIpc) is 3.04. The molecule has 1 saturated carbocycles. The zero-order valence-electron chi connectivity index (χ0n) is 15.5. The fourth-order valence-corrected chi connectivity index (χ4v) is 4.12. The number of H-pyrrole nitrogens is 1. The zero-order valence-corrected chi connectivity index (χ0v) is 15.5. The summed E-state index contributed by atoms with van der Waals surface area (Å²) in [6.45, 7) is 1.10. The first kappa shape index (κ1) is 17.1. The number of para-hydroxylation sites is 1. The molecule has 0 radical (unpaired) electrons. The number of benzene rings is 1. The van der Waals surface area contributed by atoms with E-state index in [1.807, 2.05) is 24.3 Å². The molecule has 6 nitrogen and oxygen atoms in total. The van der Waals surface area contributed by atoms with Crippen LogP contribution in [-0.2, 0) is 13.0 Å². The van der Waals surface area contributed by atoms with Crippen LogP contribution in [0.25, 0.3) is 0 Å². The lowest BCUT2D eigenvalue weighted by Gasteiger charge is -2.36. The van der Waals surface area contributed by atoms with Gasteiger partial charge in [0.25, 0.3) is 5.56 Å². The van der Waals surface area contributed by atoms with Gasteiger partial charge in [0.1, 0.15) is 12.4 Å². The van der Waals surface area contributed by atoms with Gasteiger partial charge in [0, 0.05) is 24.1 Å². The second-order valence-electron chi connectivity index (χ2n) is 7.59. The number of nitrogens with one attached hydrogen (secondary N) is 2. The molecule has 2 aliphatic rings. The molecule has 0 bridgehead atoms. The lowest BCUT2D eigenvalue weighted by atomic mass is 9.96. The molecule has 2 N–H and O–H groups in total. The van der Waals surface area contributed by atoms with Gasteiger partial charge in [-0.1, -0.05) is 31.0 Å². The van der Waals surface area contributed by atoms with Crippen molar-refractivity contribution in [3.05, 3.63) is 51.4 Å². The third-order valence-corrected chi connectivity index (χ3v) is 5.87. The standard InChI is InChI=1S/C20H26N4O2/c1-24(2)20(9-5-6-10-20)13-21-19-22-16-12-26-17-8-4-3-7-14(17)11-15(16)18(25)23-19/h3-4,7-8H,5-6,9-13H2,1-2H3,(H2,21,22,23,25). The molecule has 2 aromatic rings. The van der Waals surface area contributed by atoms with E-state index in [9.17, 15) is 4.79 Å². The molecule has 26 heavy (non-hydrogen) atoms. The third-order valence-electron chi connectivity index (χ3n) is 5.87. The van der Waals surface area contributed by atoms with Crippen LogP contribution in [0.4, 0.5) is 5.95 Å². The van der Waals surface area contributed by atoms with Gasteiger partial charge in [-0.25, -0.2) is 4.98 Å². The van der Waals surface area contributed by atoms with E-state index in [1.54, 1.807) is 0 Å². The first-order valence-electron chi connectivity index (χ1n) is 9.31. The van der Waals surface area contributed by atoms with Crippen LogP contribution in [-0.4, -0.2) is 41.0 Å². The highest BCUT2D eigenvalue weighted by molar-refractivity contribution is 5.41. The lowest BCUT2D eigenvalue weighted by molar-refractivity contribution is 0.172. The Morgan fingerprint density at radius 3 is 2.81 bits per heavy atom. The molecule has 4 rings (SSSR count). The molecule has 1 aromatic heterocycles. The Hall–Kier alpha value is -2.34. The molecule has 0 atom stereocenters. The van der Waals surface area contributed by atoms with E-state index in [0.29, 0.717) is 24.5 Å². The summed E-state index contributed by atoms with van der Waals surface area (Å²) in [5, 5.41) is 3.38. The molecule has 1 fully saturated rings. The summed E-state index contributed by atoms with van der Waals surface area (Å²) >= 11 is 0. The number of likely N-dealkylation sites (N-methyl/N-ethyl adjacent to an activating group) is 1. The number of hydrogen-bond donors (Lipinski definition) is 2. The van der Waals surface area contributed by atoms with E-state index >= 15 is 0 Å². The fraction of sp³-hybridized carbons (Fsp3) is 0.500. The Kier molecular flexibility index (Phi) is 4.44. The minimum absolute atomic E-state index is 0.0804. The van der Waals surface area contributed by atoms with Gasteiger partial charge in [-0.3, -0.25) is 9.78 Å². The van der Waals surface area contributed by atoms with Crippen LogP contribution in [0.1, 0.15) is 42.5 Å². The Morgan fingerprint density at radius 2 is 2.04 bits per heavy atom. The van der Waals surface area contributed by atoms with Gasteiger partial charge in [-0.15, -0.1) is 0 Å². The van der Waals surface area contributed by atoms with E-state index in [0.717, 1.165) is 23.6 Å². The second-order valence-corrected chi connectivity index (χ2v) is 7.59. The summed E-state index contributed by atoms with van der Waals surface area (Å²) in [5.41, 5.74) is 2.50. The smallest absolute Gasteiger partial charge is 0.256 e. The topological polar surface area (TPSA) is 70.2 Å². The van der Waals surface area contributed by atoms with Crippen molar-refractivity contribution >= 4 is 5.95 Å². The molecular weight excluding hydrogens is 328 g/mol. The highest BCUT2D eigenvalue weighted by Crippen LogP contribution is 2.33. The normalized spacial score (nSPS) is 18.0. The summed E-state index contributed by atoms with van der Waals surface area (Å²) in [5.74, 6) is 1.37. The maximum Gasteiger partial charge on any atom is 0.256 e. The first-order chi connectivity index (χ1) is 12.6. The second kappa shape index (κ2) is 6.76. The van der Waals surface area contributed by atoms with E-state index in [1.165, 1.54) is 25.7 Å². The van der Waals surface area contributed by atoms with E-state index < -0.39 is 0 Å². The number of rotatable bonds is 4. The van der Waals surface area contributed by atoms with Crippen molar-refractivity contribution in [2.45, 2.75) is 44.2 Å². The van der Waals surface area contributed by atoms with E-state index in [4.69, 9.17) is 4.74 Å². The van der Waals surface area contributed by atoms with Crippen molar-refractivity contribution in [2.24, 2.45) is 0 Å². The van der Waals surface area contributed by atoms with Gasteiger partial charge in [0.05, 0.1) is 5.69 Å². The SMILES string of the molecule is CN(C)C1(CNc2nc3c(c(=O)[nH]2)Cc2ccccc2OC3)CCCC1. The Balaban J connectivity index is 1.57. The number of ether oxygens (including phenoxy) is 1. The fourth-order valence-electron chi connectivity index (χ4n) is 4.12.